The monoisotopic (exact) mass is 521 g/mol. The minimum atomic E-state index is -0.0795. The smallest absolute Gasteiger partial charge is 0.300 e. The third kappa shape index (κ3) is 6.25. The van der Waals surface area contributed by atoms with E-state index in [2.05, 4.69) is 55.1 Å². The fourth-order valence-corrected chi connectivity index (χ4v) is 5.59. The van der Waals surface area contributed by atoms with Gasteiger partial charge in [0.2, 0.25) is 0 Å². The summed E-state index contributed by atoms with van der Waals surface area (Å²) in [5.74, 6) is 0.277. The number of hydrogen-bond acceptors (Lipinski definition) is 4. The number of hydrogen-bond donors (Lipinski definition) is 0. The Labute approximate surface area is 232 Å². The maximum atomic E-state index is 13.6. The van der Waals surface area contributed by atoms with Crippen molar-refractivity contribution in [3.05, 3.63) is 96.3 Å². The van der Waals surface area contributed by atoms with Gasteiger partial charge < -0.3 is 9.64 Å². The molecule has 1 aliphatic heterocycles. The Balaban J connectivity index is 1.43. The number of rotatable bonds is 9. The number of carbonyl (C=O) groups excluding carboxylic acids is 1. The Morgan fingerprint density at radius 3 is 2.03 bits per heavy atom. The number of benzene rings is 3. The first kappa shape index (κ1) is 26.7. The molecule has 0 N–H and O–H groups in total. The van der Waals surface area contributed by atoms with E-state index >= 15 is 0 Å². The molecule has 1 amide bonds. The normalized spacial score (nSPS) is 18.9. The van der Waals surface area contributed by atoms with E-state index in [9.17, 15) is 4.79 Å². The fraction of sp³-hybridized carbons (Fsp3) is 0.353. The van der Waals surface area contributed by atoms with Crippen LogP contribution in [0.4, 0.5) is 17.1 Å². The standard InChI is InChI=1S/C34H39N3O2/c1-3-14-28(4-2)37-33(38)32(39-34(37)35-27-15-8-5-9-16-27)25-26-21-23-31(24-22-26)36(29-17-10-6-11-18-29)30-19-12-7-13-20-30/h6-7,10-13,17-25,27-28H,3-5,8-9,14-16H2,1-2H3/b32-25+,35-34?. The van der Waals surface area contributed by atoms with Crippen molar-refractivity contribution in [2.75, 3.05) is 4.90 Å². The lowest BCUT2D eigenvalue weighted by molar-refractivity contribution is -0.124. The Kier molecular flexibility index (Phi) is 8.77. The molecule has 1 unspecified atom stereocenters. The van der Waals surface area contributed by atoms with Gasteiger partial charge in [0.25, 0.3) is 5.91 Å². The molecule has 39 heavy (non-hydrogen) atoms. The number of nitrogens with zero attached hydrogens (tertiary/aromatic N) is 3. The Hall–Kier alpha value is -3.86. The second-order valence-electron chi connectivity index (χ2n) is 10.4. The molecule has 1 heterocycles. The fourth-order valence-electron chi connectivity index (χ4n) is 5.59. The highest BCUT2D eigenvalue weighted by Gasteiger charge is 2.39. The van der Waals surface area contributed by atoms with Crippen molar-refractivity contribution in [3.8, 4) is 0 Å². The van der Waals surface area contributed by atoms with E-state index in [4.69, 9.17) is 9.73 Å². The SMILES string of the molecule is CCCC(CC)N1C(=O)/C(=C\c2ccc(N(c3ccccc3)c3ccccc3)cc2)OC1=NC1CCCCC1. The summed E-state index contributed by atoms with van der Waals surface area (Å²) in [7, 11) is 0. The lowest BCUT2D eigenvalue weighted by atomic mass is 9.96. The molecule has 0 spiro atoms. The summed E-state index contributed by atoms with van der Waals surface area (Å²) in [5, 5.41) is 0. The average Bonchev–Trinajstić information content (AvgIpc) is 3.28. The van der Waals surface area contributed by atoms with Crippen LogP contribution >= 0.6 is 0 Å². The minimum Gasteiger partial charge on any atom is -0.420 e. The van der Waals surface area contributed by atoms with E-state index in [1.165, 1.54) is 19.3 Å². The summed E-state index contributed by atoms with van der Waals surface area (Å²) in [4.78, 5) is 22.6. The highest BCUT2D eigenvalue weighted by atomic mass is 16.5. The van der Waals surface area contributed by atoms with E-state index in [0.29, 0.717) is 11.8 Å². The molecular formula is C34H39N3O2. The van der Waals surface area contributed by atoms with Crippen molar-refractivity contribution in [3.63, 3.8) is 0 Å². The second-order valence-corrected chi connectivity index (χ2v) is 10.4. The van der Waals surface area contributed by atoms with Gasteiger partial charge >= 0.3 is 6.02 Å². The van der Waals surface area contributed by atoms with Gasteiger partial charge in [-0.2, -0.15) is 0 Å². The number of para-hydroxylation sites is 2. The van der Waals surface area contributed by atoms with Crippen molar-refractivity contribution in [1.29, 1.82) is 0 Å². The van der Waals surface area contributed by atoms with Gasteiger partial charge in [-0.1, -0.05) is 88.1 Å². The van der Waals surface area contributed by atoms with E-state index in [1.54, 1.807) is 0 Å². The zero-order valence-corrected chi connectivity index (χ0v) is 23.1. The minimum absolute atomic E-state index is 0.0795. The topological polar surface area (TPSA) is 45.1 Å². The summed E-state index contributed by atoms with van der Waals surface area (Å²) in [5.41, 5.74) is 4.14. The molecule has 1 saturated carbocycles. The van der Waals surface area contributed by atoms with Crippen LogP contribution in [0.3, 0.4) is 0 Å². The van der Waals surface area contributed by atoms with E-state index in [1.807, 2.05) is 59.5 Å². The molecule has 0 radical (unpaired) electrons. The molecule has 1 saturated heterocycles. The van der Waals surface area contributed by atoms with E-state index < -0.39 is 0 Å². The lowest BCUT2D eigenvalue weighted by Gasteiger charge is -2.25. The van der Waals surface area contributed by atoms with E-state index in [0.717, 1.165) is 54.7 Å². The van der Waals surface area contributed by atoms with Crippen LogP contribution in [-0.4, -0.2) is 28.9 Å². The van der Waals surface area contributed by atoms with Crippen LogP contribution in [0.1, 0.15) is 70.8 Å². The van der Waals surface area contributed by atoms with Crippen molar-refractivity contribution in [1.82, 2.24) is 4.90 Å². The quantitative estimate of drug-likeness (QED) is 0.265. The highest BCUT2D eigenvalue weighted by molar-refractivity contribution is 6.11. The average molecular weight is 522 g/mol. The molecule has 2 aliphatic rings. The van der Waals surface area contributed by atoms with Crippen LogP contribution in [0.25, 0.3) is 6.08 Å². The number of carbonyl (C=O) groups is 1. The number of anilines is 3. The molecule has 5 heteroatoms. The zero-order valence-electron chi connectivity index (χ0n) is 23.1. The highest BCUT2D eigenvalue weighted by Crippen LogP contribution is 2.35. The largest absolute Gasteiger partial charge is 0.420 e. The molecule has 5 nitrogen and oxygen atoms in total. The Bertz CT molecular complexity index is 1240. The first-order chi connectivity index (χ1) is 19.2. The van der Waals surface area contributed by atoms with Gasteiger partial charge in [-0.3, -0.25) is 9.69 Å². The summed E-state index contributed by atoms with van der Waals surface area (Å²) < 4.78 is 6.22. The third-order valence-corrected chi connectivity index (χ3v) is 7.64. The molecule has 1 aliphatic carbocycles. The first-order valence-corrected chi connectivity index (χ1v) is 14.5. The molecule has 2 fully saturated rings. The predicted molar refractivity (Wildman–Crippen MR) is 160 cm³/mol. The summed E-state index contributed by atoms with van der Waals surface area (Å²) in [6.07, 6.45) is 10.5. The summed E-state index contributed by atoms with van der Waals surface area (Å²) >= 11 is 0. The van der Waals surface area contributed by atoms with Gasteiger partial charge in [0.15, 0.2) is 5.76 Å². The predicted octanol–water partition coefficient (Wildman–Crippen LogP) is 8.62. The molecule has 3 aromatic rings. The van der Waals surface area contributed by atoms with Crippen LogP contribution < -0.4 is 4.90 Å². The van der Waals surface area contributed by atoms with Crippen molar-refractivity contribution in [2.45, 2.75) is 77.3 Å². The maximum absolute atomic E-state index is 13.6. The molecule has 0 bridgehead atoms. The molecule has 1 atom stereocenters. The van der Waals surface area contributed by atoms with Crippen LogP contribution in [0, 0.1) is 0 Å². The molecule has 3 aromatic carbocycles. The maximum Gasteiger partial charge on any atom is 0.300 e. The first-order valence-electron chi connectivity index (χ1n) is 14.5. The van der Waals surface area contributed by atoms with Crippen molar-refractivity contribution < 1.29 is 9.53 Å². The van der Waals surface area contributed by atoms with Crippen LogP contribution in [-0.2, 0) is 9.53 Å². The number of amidine groups is 1. The van der Waals surface area contributed by atoms with Crippen LogP contribution in [0.5, 0.6) is 0 Å². The third-order valence-electron chi connectivity index (χ3n) is 7.64. The number of amides is 1. The lowest BCUT2D eigenvalue weighted by Crippen LogP contribution is -2.40. The van der Waals surface area contributed by atoms with Gasteiger partial charge in [-0.15, -0.1) is 0 Å². The summed E-state index contributed by atoms with van der Waals surface area (Å²) in [6, 6.07) is 29.8. The van der Waals surface area contributed by atoms with E-state index in [-0.39, 0.29) is 18.0 Å². The molecule has 202 valence electrons. The molecular weight excluding hydrogens is 482 g/mol. The van der Waals surface area contributed by atoms with Crippen molar-refractivity contribution >= 4 is 35.1 Å². The van der Waals surface area contributed by atoms with Gasteiger partial charge in [0.05, 0.1) is 6.04 Å². The van der Waals surface area contributed by atoms with Crippen molar-refractivity contribution in [2.24, 2.45) is 4.99 Å². The van der Waals surface area contributed by atoms with Gasteiger partial charge in [0.1, 0.15) is 0 Å². The summed E-state index contributed by atoms with van der Waals surface area (Å²) in [6.45, 7) is 4.30. The van der Waals surface area contributed by atoms with Gasteiger partial charge in [-0.25, -0.2) is 4.99 Å². The number of aliphatic imine (C=N–C) groups is 1. The zero-order chi connectivity index (χ0) is 27.0. The van der Waals surface area contributed by atoms with Crippen LogP contribution in [0.2, 0.25) is 0 Å². The van der Waals surface area contributed by atoms with Crippen LogP contribution in [0.15, 0.2) is 95.7 Å². The molecule has 5 rings (SSSR count). The molecule has 0 aromatic heterocycles. The second kappa shape index (κ2) is 12.8. The Morgan fingerprint density at radius 2 is 1.46 bits per heavy atom. The van der Waals surface area contributed by atoms with Gasteiger partial charge in [0, 0.05) is 23.1 Å². The number of ether oxygens (including phenoxy) is 1. The van der Waals surface area contributed by atoms with Gasteiger partial charge in [-0.05, 0) is 73.7 Å². The Morgan fingerprint density at radius 1 is 0.872 bits per heavy atom.